The molecule has 4 heterocycles. The minimum atomic E-state index is -1.09. The monoisotopic (exact) mass is 383 g/mol. The quantitative estimate of drug-likeness (QED) is 0.578. The normalized spacial score (nSPS) is 12.3. The van der Waals surface area contributed by atoms with Crippen LogP contribution in [0.25, 0.3) is 32.0 Å². The number of carboxylic acids is 1. The maximum Gasteiger partial charge on any atom is 0.326 e. The highest BCUT2D eigenvalue weighted by Crippen LogP contribution is 2.35. The van der Waals surface area contributed by atoms with Crippen LogP contribution in [-0.4, -0.2) is 25.6 Å². The number of fused-ring (bicyclic) bond motifs is 1. The lowest BCUT2D eigenvalue weighted by atomic mass is 10.1. The van der Waals surface area contributed by atoms with E-state index in [0.29, 0.717) is 21.6 Å². The number of carbonyl (C=O) groups is 1. The van der Waals surface area contributed by atoms with Crippen molar-refractivity contribution in [2.24, 2.45) is 0 Å². The van der Waals surface area contributed by atoms with Crippen LogP contribution >= 0.6 is 22.7 Å². The van der Waals surface area contributed by atoms with E-state index in [-0.39, 0.29) is 5.56 Å². The van der Waals surface area contributed by atoms with E-state index < -0.39 is 12.0 Å². The van der Waals surface area contributed by atoms with E-state index in [4.69, 9.17) is 0 Å². The molecule has 4 aromatic rings. The molecule has 0 aliphatic rings. The summed E-state index contributed by atoms with van der Waals surface area (Å²) in [6.45, 7) is 1.49. The van der Waals surface area contributed by atoms with Crippen molar-refractivity contribution in [3.63, 3.8) is 0 Å². The number of aliphatic carboxylic acids is 1. The first-order chi connectivity index (χ1) is 12.6. The predicted octanol–water partition coefficient (Wildman–Crippen LogP) is 3.89. The van der Waals surface area contributed by atoms with Gasteiger partial charge in [-0.15, -0.1) is 22.7 Å². The Morgan fingerprint density at radius 3 is 2.65 bits per heavy atom. The summed E-state index contributed by atoms with van der Waals surface area (Å²) in [6.07, 6.45) is 3.18. The van der Waals surface area contributed by atoms with Crippen molar-refractivity contribution in [3.05, 3.63) is 57.8 Å². The van der Waals surface area contributed by atoms with Crippen LogP contribution < -0.4 is 5.56 Å². The molecular formula is C18H13N3O3S2. The van der Waals surface area contributed by atoms with Crippen molar-refractivity contribution in [2.75, 3.05) is 0 Å². The van der Waals surface area contributed by atoms with Gasteiger partial charge in [-0.25, -0.2) is 9.78 Å². The molecule has 1 N–H and O–H groups in total. The minimum absolute atomic E-state index is 0.333. The molecule has 26 heavy (non-hydrogen) atoms. The van der Waals surface area contributed by atoms with E-state index in [9.17, 15) is 14.7 Å². The lowest BCUT2D eigenvalue weighted by molar-refractivity contribution is -0.140. The molecule has 0 spiro atoms. The molecule has 0 aliphatic carbocycles. The third-order valence-electron chi connectivity index (χ3n) is 4.11. The Balaban J connectivity index is 2.08. The molecule has 4 aromatic heterocycles. The summed E-state index contributed by atoms with van der Waals surface area (Å²) in [5, 5.41) is 13.8. The fraction of sp³-hybridized carbons (Fsp3) is 0.111. The van der Waals surface area contributed by atoms with Gasteiger partial charge in [-0.1, -0.05) is 6.07 Å². The zero-order valence-corrected chi connectivity index (χ0v) is 15.3. The average Bonchev–Trinajstić information content (AvgIpc) is 3.31. The van der Waals surface area contributed by atoms with E-state index >= 15 is 0 Å². The molecule has 0 aromatic carbocycles. The molecule has 0 saturated heterocycles. The summed E-state index contributed by atoms with van der Waals surface area (Å²) in [7, 11) is 0. The van der Waals surface area contributed by atoms with Crippen LogP contribution in [0, 0.1) is 0 Å². The molecule has 1 atom stereocenters. The standard InChI is InChI=1S/C18H13N3O3S2/c1-10(18(23)24)21-15(11-4-6-19-7-5-11)20-16-14(17(21)22)12(9-26-16)13-3-2-8-25-13/h2-10H,1H3,(H,23,24). The maximum absolute atomic E-state index is 13.3. The molecule has 4 rings (SSSR count). The largest absolute Gasteiger partial charge is 0.480 e. The fourth-order valence-corrected chi connectivity index (χ4v) is 4.54. The van der Waals surface area contributed by atoms with Crippen LogP contribution in [0.15, 0.2) is 52.2 Å². The van der Waals surface area contributed by atoms with Gasteiger partial charge in [0.05, 0.1) is 5.39 Å². The van der Waals surface area contributed by atoms with Gasteiger partial charge in [0.25, 0.3) is 5.56 Å². The van der Waals surface area contributed by atoms with Crippen LogP contribution in [0.2, 0.25) is 0 Å². The molecule has 6 nitrogen and oxygen atoms in total. The van der Waals surface area contributed by atoms with Crippen LogP contribution in [0.1, 0.15) is 13.0 Å². The van der Waals surface area contributed by atoms with Gasteiger partial charge in [0.1, 0.15) is 16.7 Å². The number of nitrogens with zero attached hydrogens (tertiary/aromatic N) is 3. The molecular weight excluding hydrogens is 370 g/mol. The highest BCUT2D eigenvalue weighted by atomic mass is 32.1. The summed E-state index contributed by atoms with van der Waals surface area (Å²) >= 11 is 2.91. The summed E-state index contributed by atoms with van der Waals surface area (Å²) in [5.74, 6) is -0.754. The molecule has 0 saturated carbocycles. The van der Waals surface area contributed by atoms with Crippen molar-refractivity contribution in [1.29, 1.82) is 0 Å². The molecule has 0 fully saturated rings. The smallest absolute Gasteiger partial charge is 0.326 e. The number of pyridine rings is 1. The Bertz CT molecular complexity index is 1150. The Labute approximate surface area is 156 Å². The molecule has 0 bridgehead atoms. The first kappa shape index (κ1) is 16.6. The van der Waals surface area contributed by atoms with E-state index in [1.807, 2.05) is 22.9 Å². The zero-order valence-electron chi connectivity index (χ0n) is 13.6. The molecule has 8 heteroatoms. The van der Waals surface area contributed by atoms with Crippen molar-refractivity contribution in [2.45, 2.75) is 13.0 Å². The third kappa shape index (κ3) is 2.63. The van der Waals surface area contributed by atoms with E-state index in [1.165, 1.54) is 34.2 Å². The van der Waals surface area contributed by atoms with Crippen LogP contribution in [0.4, 0.5) is 0 Å². The molecule has 0 aliphatic heterocycles. The SMILES string of the molecule is CC(C(=O)O)n1c(-c2ccncc2)nc2scc(-c3cccs3)c2c1=O. The van der Waals surface area contributed by atoms with Crippen molar-refractivity contribution in [1.82, 2.24) is 14.5 Å². The lowest BCUT2D eigenvalue weighted by Crippen LogP contribution is -2.30. The van der Waals surface area contributed by atoms with Crippen molar-refractivity contribution < 1.29 is 9.90 Å². The van der Waals surface area contributed by atoms with E-state index in [0.717, 1.165) is 10.4 Å². The summed E-state index contributed by atoms with van der Waals surface area (Å²) in [5.41, 5.74) is 1.10. The van der Waals surface area contributed by atoms with Crippen molar-refractivity contribution >= 4 is 38.9 Å². The number of thiophene rings is 2. The van der Waals surface area contributed by atoms with Gasteiger partial charge in [-0.05, 0) is 30.5 Å². The number of aromatic nitrogens is 3. The minimum Gasteiger partial charge on any atom is -0.480 e. The Morgan fingerprint density at radius 1 is 1.23 bits per heavy atom. The van der Waals surface area contributed by atoms with Gasteiger partial charge in [0, 0.05) is 33.8 Å². The van der Waals surface area contributed by atoms with Crippen molar-refractivity contribution in [3.8, 4) is 21.8 Å². The second kappa shape index (κ2) is 6.47. The average molecular weight is 383 g/mol. The topological polar surface area (TPSA) is 85.1 Å². The first-order valence-electron chi connectivity index (χ1n) is 7.78. The molecule has 0 radical (unpaired) electrons. The van der Waals surface area contributed by atoms with Crippen LogP contribution in [0.3, 0.4) is 0 Å². The summed E-state index contributed by atoms with van der Waals surface area (Å²) < 4.78 is 1.25. The highest BCUT2D eigenvalue weighted by Gasteiger charge is 2.24. The van der Waals surface area contributed by atoms with Crippen LogP contribution in [-0.2, 0) is 4.79 Å². The summed E-state index contributed by atoms with van der Waals surface area (Å²) in [6, 6.07) is 6.24. The predicted molar refractivity (Wildman–Crippen MR) is 103 cm³/mol. The Morgan fingerprint density at radius 2 is 2.00 bits per heavy atom. The molecule has 130 valence electrons. The number of hydrogen-bond acceptors (Lipinski definition) is 6. The second-order valence-corrected chi connectivity index (χ2v) is 7.47. The van der Waals surface area contributed by atoms with Gasteiger partial charge >= 0.3 is 5.97 Å². The van der Waals surface area contributed by atoms with Gasteiger partial charge in [0.2, 0.25) is 0 Å². The summed E-state index contributed by atoms with van der Waals surface area (Å²) in [4.78, 5) is 35.1. The highest BCUT2D eigenvalue weighted by molar-refractivity contribution is 7.18. The maximum atomic E-state index is 13.3. The molecule has 0 amide bonds. The van der Waals surface area contributed by atoms with Gasteiger partial charge in [-0.3, -0.25) is 14.3 Å². The second-order valence-electron chi connectivity index (χ2n) is 5.67. The Kier molecular flexibility index (Phi) is 4.14. The van der Waals surface area contributed by atoms with Crippen LogP contribution in [0.5, 0.6) is 0 Å². The van der Waals surface area contributed by atoms with Gasteiger partial charge < -0.3 is 5.11 Å². The van der Waals surface area contributed by atoms with Gasteiger partial charge in [0.15, 0.2) is 0 Å². The number of hydrogen-bond donors (Lipinski definition) is 1. The molecule has 1 unspecified atom stereocenters. The Hall–Kier alpha value is -2.84. The zero-order chi connectivity index (χ0) is 18.3. The number of rotatable bonds is 4. The van der Waals surface area contributed by atoms with Gasteiger partial charge in [-0.2, -0.15) is 0 Å². The number of carboxylic acid groups (broad SMARTS) is 1. The van der Waals surface area contributed by atoms with E-state index in [1.54, 1.807) is 24.5 Å². The first-order valence-corrected chi connectivity index (χ1v) is 9.54. The third-order valence-corrected chi connectivity index (χ3v) is 5.89. The fourth-order valence-electron chi connectivity index (χ4n) is 2.79. The van der Waals surface area contributed by atoms with E-state index in [2.05, 4.69) is 9.97 Å². The lowest BCUT2D eigenvalue weighted by Gasteiger charge is -2.16.